The first-order chi connectivity index (χ1) is 10.2. The highest BCUT2D eigenvalue weighted by Crippen LogP contribution is 2.10. The molecule has 21 heavy (non-hydrogen) atoms. The maximum Gasteiger partial charge on any atom is 0.251 e. The Morgan fingerprint density at radius 3 is 2.67 bits per heavy atom. The average molecular weight is 287 g/mol. The summed E-state index contributed by atoms with van der Waals surface area (Å²) in [5.41, 5.74) is 1.13. The van der Waals surface area contributed by atoms with Gasteiger partial charge in [-0.3, -0.25) is 4.79 Å². The van der Waals surface area contributed by atoms with Crippen LogP contribution in [0.15, 0.2) is 48.5 Å². The lowest BCUT2D eigenvalue weighted by Gasteiger charge is -2.09. The molecule has 0 saturated heterocycles. The van der Waals surface area contributed by atoms with Crippen molar-refractivity contribution in [2.24, 2.45) is 0 Å². The standard InChI is InChI=1S/C17H18FNO2/c1-13-12-14(18)8-9-16(13)17(20)19-10-5-11-21-15-6-3-2-4-7-15/h2-4,6-9,12H,5,10-11H2,1H3,(H,19,20). The summed E-state index contributed by atoms with van der Waals surface area (Å²) in [5, 5.41) is 2.80. The van der Waals surface area contributed by atoms with Gasteiger partial charge in [0.1, 0.15) is 11.6 Å². The second-order valence-corrected chi connectivity index (χ2v) is 4.73. The lowest BCUT2D eigenvalue weighted by atomic mass is 10.1. The molecule has 110 valence electrons. The smallest absolute Gasteiger partial charge is 0.251 e. The minimum absolute atomic E-state index is 0.188. The fraction of sp³-hybridized carbons (Fsp3) is 0.235. The summed E-state index contributed by atoms with van der Waals surface area (Å²) in [5.74, 6) is 0.297. The number of aryl methyl sites for hydroxylation is 1. The van der Waals surface area contributed by atoms with E-state index < -0.39 is 0 Å². The van der Waals surface area contributed by atoms with E-state index in [4.69, 9.17) is 4.74 Å². The van der Waals surface area contributed by atoms with Crippen molar-refractivity contribution < 1.29 is 13.9 Å². The highest BCUT2D eigenvalue weighted by molar-refractivity contribution is 5.95. The molecule has 0 radical (unpaired) electrons. The van der Waals surface area contributed by atoms with Gasteiger partial charge in [0.25, 0.3) is 5.91 Å². The molecule has 0 aliphatic carbocycles. The highest BCUT2D eigenvalue weighted by atomic mass is 19.1. The van der Waals surface area contributed by atoms with Gasteiger partial charge in [-0.15, -0.1) is 0 Å². The lowest BCUT2D eigenvalue weighted by molar-refractivity contribution is 0.0951. The average Bonchev–Trinajstić information content (AvgIpc) is 2.47. The first-order valence-corrected chi connectivity index (χ1v) is 6.89. The summed E-state index contributed by atoms with van der Waals surface area (Å²) in [7, 11) is 0. The third-order valence-corrected chi connectivity index (χ3v) is 3.05. The fourth-order valence-electron chi connectivity index (χ4n) is 1.96. The minimum Gasteiger partial charge on any atom is -0.494 e. The quantitative estimate of drug-likeness (QED) is 0.828. The Balaban J connectivity index is 1.72. The van der Waals surface area contributed by atoms with Crippen LogP contribution in [0, 0.1) is 12.7 Å². The number of para-hydroxylation sites is 1. The van der Waals surface area contributed by atoms with Gasteiger partial charge in [-0.25, -0.2) is 4.39 Å². The van der Waals surface area contributed by atoms with E-state index in [1.54, 1.807) is 6.92 Å². The predicted octanol–water partition coefficient (Wildman–Crippen LogP) is 3.33. The Labute approximate surface area is 123 Å². The van der Waals surface area contributed by atoms with Crippen LogP contribution in [0.25, 0.3) is 0 Å². The van der Waals surface area contributed by atoms with Crippen LogP contribution in [0.3, 0.4) is 0 Å². The molecule has 0 bridgehead atoms. The number of halogens is 1. The number of amides is 1. The molecule has 2 aromatic rings. The Bertz CT molecular complexity index is 599. The van der Waals surface area contributed by atoms with Crippen molar-refractivity contribution >= 4 is 5.91 Å². The number of carbonyl (C=O) groups excluding carboxylic acids is 1. The van der Waals surface area contributed by atoms with Crippen molar-refractivity contribution in [1.82, 2.24) is 5.32 Å². The van der Waals surface area contributed by atoms with Gasteiger partial charge in [0.05, 0.1) is 6.61 Å². The summed E-state index contributed by atoms with van der Waals surface area (Å²) >= 11 is 0. The molecule has 0 aromatic heterocycles. The Morgan fingerprint density at radius 2 is 1.95 bits per heavy atom. The Hall–Kier alpha value is -2.36. The lowest BCUT2D eigenvalue weighted by Crippen LogP contribution is -2.26. The van der Waals surface area contributed by atoms with E-state index in [0.717, 1.165) is 5.75 Å². The van der Waals surface area contributed by atoms with Gasteiger partial charge in [0, 0.05) is 12.1 Å². The monoisotopic (exact) mass is 287 g/mol. The fourth-order valence-corrected chi connectivity index (χ4v) is 1.96. The second-order valence-electron chi connectivity index (χ2n) is 4.73. The van der Waals surface area contributed by atoms with Crippen molar-refractivity contribution in [3.05, 3.63) is 65.5 Å². The predicted molar refractivity (Wildman–Crippen MR) is 80.0 cm³/mol. The van der Waals surface area contributed by atoms with Crippen LogP contribution in [0.5, 0.6) is 5.75 Å². The largest absolute Gasteiger partial charge is 0.494 e. The summed E-state index contributed by atoms with van der Waals surface area (Å²) < 4.78 is 18.5. The molecule has 2 rings (SSSR count). The summed E-state index contributed by atoms with van der Waals surface area (Å²) in [6, 6.07) is 13.7. The first-order valence-electron chi connectivity index (χ1n) is 6.89. The number of benzene rings is 2. The molecule has 0 fully saturated rings. The first kappa shape index (κ1) is 15.0. The maximum atomic E-state index is 13.0. The Morgan fingerprint density at radius 1 is 1.19 bits per heavy atom. The molecule has 0 unspecified atom stereocenters. The van der Waals surface area contributed by atoms with Crippen LogP contribution in [0.1, 0.15) is 22.3 Å². The number of hydrogen-bond acceptors (Lipinski definition) is 2. The molecule has 4 heteroatoms. The van der Waals surface area contributed by atoms with Crippen LogP contribution in [0.2, 0.25) is 0 Å². The molecule has 0 spiro atoms. The molecule has 0 aliphatic heterocycles. The zero-order valence-corrected chi connectivity index (χ0v) is 11.9. The molecule has 3 nitrogen and oxygen atoms in total. The maximum absolute atomic E-state index is 13.0. The topological polar surface area (TPSA) is 38.3 Å². The third-order valence-electron chi connectivity index (χ3n) is 3.05. The van der Waals surface area contributed by atoms with Crippen LogP contribution >= 0.6 is 0 Å². The van der Waals surface area contributed by atoms with Crippen molar-refractivity contribution in [1.29, 1.82) is 0 Å². The normalized spacial score (nSPS) is 10.2. The van der Waals surface area contributed by atoms with Gasteiger partial charge in [-0.2, -0.15) is 0 Å². The van der Waals surface area contributed by atoms with Gasteiger partial charge in [0.15, 0.2) is 0 Å². The van der Waals surface area contributed by atoms with Crippen LogP contribution in [0.4, 0.5) is 4.39 Å². The number of nitrogens with one attached hydrogen (secondary N) is 1. The van der Waals surface area contributed by atoms with Crippen molar-refractivity contribution in [2.75, 3.05) is 13.2 Å². The van der Waals surface area contributed by atoms with Gasteiger partial charge < -0.3 is 10.1 Å². The molecule has 1 N–H and O–H groups in total. The highest BCUT2D eigenvalue weighted by Gasteiger charge is 2.08. The van der Waals surface area contributed by atoms with Crippen molar-refractivity contribution in [3.8, 4) is 5.75 Å². The zero-order valence-electron chi connectivity index (χ0n) is 11.9. The number of rotatable bonds is 6. The molecule has 0 aliphatic rings. The van der Waals surface area contributed by atoms with E-state index in [0.29, 0.717) is 30.7 Å². The van der Waals surface area contributed by atoms with E-state index >= 15 is 0 Å². The van der Waals surface area contributed by atoms with E-state index in [1.807, 2.05) is 30.3 Å². The second kappa shape index (κ2) is 7.43. The molecular weight excluding hydrogens is 269 g/mol. The van der Waals surface area contributed by atoms with Crippen LogP contribution in [-0.2, 0) is 0 Å². The molecule has 0 atom stereocenters. The zero-order chi connectivity index (χ0) is 15.1. The van der Waals surface area contributed by atoms with Crippen LogP contribution < -0.4 is 10.1 Å². The molecular formula is C17H18FNO2. The molecule has 1 amide bonds. The van der Waals surface area contributed by atoms with Crippen LogP contribution in [-0.4, -0.2) is 19.1 Å². The van der Waals surface area contributed by atoms with Gasteiger partial charge in [-0.05, 0) is 49.2 Å². The summed E-state index contributed by atoms with van der Waals surface area (Å²) in [6.07, 6.45) is 0.709. The SMILES string of the molecule is Cc1cc(F)ccc1C(=O)NCCCOc1ccccc1. The summed E-state index contributed by atoms with van der Waals surface area (Å²) in [4.78, 5) is 11.9. The summed E-state index contributed by atoms with van der Waals surface area (Å²) in [6.45, 7) is 2.77. The van der Waals surface area contributed by atoms with Crippen molar-refractivity contribution in [3.63, 3.8) is 0 Å². The minimum atomic E-state index is -0.333. The molecule has 2 aromatic carbocycles. The van der Waals surface area contributed by atoms with E-state index in [2.05, 4.69) is 5.32 Å². The van der Waals surface area contributed by atoms with E-state index in [-0.39, 0.29) is 11.7 Å². The third kappa shape index (κ3) is 4.60. The van der Waals surface area contributed by atoms with Gasteiger partial charge in [0.2, 0.25) is 0 Å². The number of hydrogen-bond donors (Lipinski definition) is 1. The molecule has 0 saturated carbocycles. The molecule has 0 heterocycles. The van der Waals surface area contributed by atoms with Gasteiger partial charge in [-0.1, -0.05) is 18.2 Å². The van der Waals surface area contributed by atoms with E-state index in [9.17, 15) is 9.18 Å². The van der Waals surface area contributed by atoms with Gasteiger partial charge >= 0.3 is 0 Å². The van der Waals surface area contributed by atoms with Crippen molar-refractivity contribution in [2.45, 2.75) is 13.3 Å². The van der Waals surface area contributed by atoms with E-state index in [1.165, 1.54) is 18.2 Å². The number of carbonyl (C=O) groups is 1. The number of ether oxygens (including phenoxy) is 1. The Kier molecular flexibility index (Phi) is 5.32.